The summed E-state index contributed by atoms with van der Waals surface area (Å²) in [6, 6.07) is 29.9. The summed E-state index contributed by atoms with van der Waals surface area (Å²) in [7, 11) is -4.21. The number of phosphoric ester groups is 1. The van der Waals surface area contributed by atoms with Crippen molar-refractivity contribution in [3.05, 3.63) is 170 Å². The van der Waals surface area contributed by atoms with Crippen molar-refractivity contribution in [3.63, 3.8) is 0 Å². The summed E-state index contributed by atoms with van der Waals surface area (Å²) < 4.78 is 68.3. The van der Waals surface area contributed by atoms with E-state index in [1.807, 2.05) is 60.7 Å². The molecule has 1 amide bonds. The van der Waals surface area contributed by atoms with Gasteiger partial charge < -0.3 is 14.6 Å². The monoisotopic (exact) mass is 946 g/mol. The molecule has 11 nitrogen and oxygen atoms in total. The van der Waals surface area contributed by atoms with E-state index in [1.165, 1.54) is 59.6 Å². The van der Waals surface area contributed by atoms with Crippen LogP contribution in [0.15, 0.2) is 138 Å². The lowest BCUT2D eigenvalue weighted by Crippen LogP contribution is -2.26. The van der Waals surface area contributed by atoms with Gasteiger partial charge in [0.25, 0.3) is 5.91 Å². The zero-order chi connectivity index (χ0) is 43.2. The van der Waals surface area contributed by atoms with Crippen molar-refractivity contribution < 1.29 is 36.4 Å². The van der Waals surface area contributed by atoms with Gasteiger partial charge in [-0.25, -0.2) is 23.3 Å². The molecule has 0 aliphatic heterocycles. The number of nitrogens with one attached hydrogen (secondary N) is 1. The second-order valence-corrected chi connectivity index (χ2v) is 18.0. The maximum atomic E-state index is 15.7. The number of anilines is 1. The third-order valence-corrected chi connectivity index (χ3v) is 11.2. The van der Waals surface area contributed by atoms with Gasteiger partial charge in [0.05, 0.1) is 16.9 Å². The van der Waals surface area contributed by atoms with E-state index in [9.17, 15) is 18.5 Å². The number of carbonyl (C=O) groups is 1. The average Bonchev–Trinajstić information content (AvgIpc) is 3.18. The number of aliphatic imine (C=N–C) groups is 1. The average molecular weight is 947 g/mol. The minimum atomic E-state index is -4.21. The van der Waals surface area contributed by atoms with E-state index in [1.54, 1.807) is 47.6 Å². The molecule has 0 fully saturated rings. The Labute approximate surface area is 360 Å². The molecule has 0 saturated carbocycles. The number of ether oxygens (including phenoxy) is 1. The second kappa shape index (κ2) is 18.5. The van der Waals surface area contributed by atoms with Gasteiger partial charge in [-0.3, -0.25) is 23.2 Å². The molecule has 0 atom stereocenters. The van der Waals surface area contributed by atoms with Crippen LogP contribution < -0.4 is 15.5 Å². The quantitative estimate of drug-likeness (QED) is 0.0688. The first-order chi connectivity index (χ1) is 28.4. The van der Waals surface area contributed by atoms with Crippen molar-refractivity contribution in [1.82, 2.24) is 9.55 Å². The van der Waals surface area contributed by atoms with Crippen molar-refractivity contribution >= 4 is 53.5 Å². The van der Waals surface area contributed by atoms with Crippen LogP contribution in [0, 0.1) is 15.2 Å². The van der Waals surface area contributed by atoms with Crippen LogP contribution in [0.5, 0.6) is 11.5 Å². The van der Waals surface area contributed by atoms with E-state index >= 15 is 4.39 Å². The number of hydrogen-bond donors (Lipinski definition) is 1. The molecule has 0 bridgehead atoms. The lowest BCUT2D eigenvalue weighted by molar-refractivity contribution is -0.00619. The van der Waals surface area contributed by atoms with E-state index in [4.69, 9.17) is 23.3 Å². The Balaban J connectivity index is 1.26. The number of rotatable bonds is 13. The second-order valence-electron chi connectivity index (χ2n) is 15.4. The van der Waals surface area contributed by atoms with Gasteiger partial charge in [0.2, 0.25) is 5.43 Å². The number of halogens is 3. The molecule has 2 aromatic heterocycles. The van der Waals surface area contributed by atoms with Gasteiger partial charge in [-0.2, -0.15) is 0 Å². The van der Waals surface area contributed by atoms with Gasteiger partial charge in [-0.05, 0) is 94.0 Å². The van der Waals surface area contributed by atoms with Gasteiger partial charge in [0.1, 0.15) is 27.4 Å². The Bertz CT molecular complexity index is 2570. The minimum absolute atomic E-state index is 0.0137. The highest BCUT2D eigenvalue weighted by Gasteiger charge is 2.37. The first-order valence-electron chi connectivity index (χ1n) is 18.7. The fourth-order valence-electron chi connectivity index (χ4n) is 5.73. The van der Waals surface area contributed by atoms with Gasteiger partial charge in [-0.15, -0.1) is 0 Å². The van der Waals surface area contributed by atoms with Crippen LogP contribution in [0.2, 0.25) is 0 Å². The fraction of sp³-hybridized carbons (Fsp3) is 0.200. The number of phosphoric acid groups is 1. The number of carbonyl (C=O) groups excluding carboxylic acids is 1. The summed E-state index contributed by atoms with van der Waals surface area (Å²) in [4.78, 5) is 36.9. The van der Waals surface area contributed by atoms with Gasteiger partial charge in [-0.1, -0.05) is 72.8 Å². The Hall–Kier alpha value is -5.38. The minimum Gasteiger partial charge on any atom is -0.453 e. The molecule has 1 N–H and O–H groups in total. The van der Waals surface area contributed by atoms with Crippen LogP contribution in [0.1, 0.15) is 63.0 Å². The highest BCUT2D eigenvalue weighted by atomic mass is 127. The molecule has 4 aromatic carbocycles. The summed E-state index contributed by atoms with van der Waals surface area (Å²) in [6.07, 6.45) is 4.09. The molecule has 60 heavy (non-hydrogen) atoms. The Morgan fingerprint density at radius 2 is 1.42 bits per heavy atom. The third-order valence-electron chi connectivity index (χ3n) is 8.17. The van der Waals surface area contributed by atoms with Crippen molar-refractivity contribution in [3.8, 4) is 22.6 Å². The molecule has 310 valence electrons. The summed E-state index contributed by atoms with van der Waals surface area (Å²) in [5.41, 5.74) is -0.128. The van der Waals surface area contributed by atoms with E-state index in [0.29, 0.717) is 26.4 Å². The zero-order valence-electron chi connectivity index (χ0n) is 33.6. The first kappa shape index (κ1) is 44.2. The van der Waals surface area contributed by atoms with Crippen molar-refractivity contribution in [1.29, 1.82) is 0 Å². The van der Waals surface area contributed by atoms with Crippen LogP contribution >= 0.6 is 30.4 Å². The molecule has 6 rings (SSSR count). The molecule has 2 heterocycles. The molecule has 15 heteroatoms. The topological polar surface area (TPSA) is 130 Å². The standard InChI is InChI=1S/C45H42F2IN4O7P/c1-44(2,3)58-60(55,59-45(4,5)6)56-28-52-26-34(29-17-19-32(46)20-18-29)41(53)35(27-52)43(54)50-33-21-22-37(36(47)25-33)57-38-23-24-49-42(39(38)48)51-40(30-13-9-7-10-14-30)31-15-11-8-12-16-31/h7-27H,28H2,1-6H3,(H,50,54). The normalized spacial score (nSPS) is 11.9. The van der Waals surface area contributed by atoms with E-state index in [0.717, 1.165) is 17.2 Å². The molecule has 0 saturated heterocycles. The molecule has 0 aliphatic rings. The van der Waals surface area contributed by atoms with E-state index < -0.39 is 48.7 Å². The Morgan fingerprint density at radius 3 is 1.98 bits per heavy atom. The summed E-state index contributed by atoms with van der Waals surface area (Å²) in [5.74, 6) is -1.70. The molecular weight excluding hydrogens is 904 g/mol. The van der Waals surface area contributed by atoms with E-state index in [2.05, 4.69) is 32.9 Å². The lowest BCUT2D eigenvalue weighted by Gasteiger charge is -2.31. The molecule has 0 aliphatic carbocycles. The lowest BCUT2D eigenvalue weighted by atomic mass is 10.0. The predicted octanol–water partition coefficient (Wildman–Crippen LogP) is 11.7. The fourth-order valence-corrected chi connectivity index (χ4v) is 8.04. The molecule has 0 spiro atoms. The highest BCUT2D eigenvalue weighted by Crippen LogP contribution is 2.55. The Kier molecular flexibility index (Phi) is 13.6. The number of amides is 1. The smallest absolute Gasteiger partial charge is 0.453 e. The third kappa shape index (κ3) is 11.7. The van der Waals surface area contributed by atoms with Gasteiger partial charge in [0, 0.05) is 53.1 Å². The van der Waals surface area contributed by atoms with Crippen LogP contribution in [-0.2, 0) is 24.9 Å². The number of pyridine rings is 2. The number of nitrogens with zero attached hydrogens (tertiary/aromatic N) is 3. The molecule has 0 radical (unpaired) electrons. The predicted molar refractivity (Wildman–Crippen MR) is 236 cm³/mol. The van der Waals surface area contributed by atoms with Gasteiger partial charge >= 0.3 is 7.82 Å². The van der Waals surface area contributed by atoms with Crippen molar-refractivity contribution in [2.24, 2.45) is 4.99 Å². The summed E-state index contributed by atoms with van der Waals surface area (Å²) in [5, 5.41) is 2.57. The number of benzene rings is 4. The molecule has 6 aromatic rings. The first-order valence-corrected chi connectivity index (χ1v) is 21.2. The van der Waals surface area contributed by atoms with Crippen molar-refractivity contribution in [2.45, 2.75) is 59.5 Å². The highest BCUT2D eigenvalue weighted by molar-refractivity contribution is 14.1. The van der Waals surface area contributed by atoms with Gasteiger partial charge in [0.15, 0.2) is 17.4 Å². The molecular formula is C45H42F2IN4O7P. The zero-order valence-corrected chi connectivity index (χ0v) is 36.7. The number of hydrogen-bond acceptors (Lipinski definition) is 9. The van der Waals surface area contributed by atoms with E-state index in [-0.39, 0.29) is 22.6 Å². The maximum Gasteiger partial charge on any atom is 0.477 e. The largest absolute Gasteiger partial charge is 0.477 e. The van der Waals surface area contributed by atoms with Crippen LogP contribution in [0.25, 0.3) is 11.1 Å². The van der Waals surface area contributed by atoms with Crippen LogP contribution in [0.4, 0.5) is 20.3 Å². The summed E-state index contributed by atoms with van der Waals surface area (Å²) >= 11 is 2.05. The van der Waals surface area contributed by atoms with Crippen molar-refractivity contribution in [2.75, 3.05) is 5.32 Å². The maximum absolute atomic E-state index is 15.7. The van der Waals surface area contributed by atoms with Crippen LogP contribution in [0.3, 0.4) is 0 Å². The SMILES string of the molecule is CC(C)(C)OP(=O)(OCn1cc(C(=O)Nc2ccc(Oc3ccnc(N=C(c4ccccc4)c4ccccc4)c3I)c(F)c2)c(=O)c(-c2ccc(F)cc2)c1)OC(C)(C)C. The Morgan fingerprint density at radius 1 is 0.817 bits per heavy atom. The number of aromatic nitrogens is 2. The summed E-state index contributed by atoms with van der Waals surface area (Å²) in [6.45, 7) is 9.64. The molecule has 0 unspecified atom stereocenters. The van der Waals surface area contributed by atoms with Crippen LogP contribution in [-0.4, -0.2) is 32.4 Å².